The first kappa shape index (κ1) is 781. The minimum absolute atomic E-state index is 0. The van der Waals surface area contributed by atoms with Crippen molar-refractivity contribution in [1.29, 1.82) is 0 Å². The minimum atomic E-state index is 0. The van der Waals surface area contributed by atoms with Crippen LogP contribution in [0.3, 0.4) is 0 Å². The SMILES string of the molecule is [Ni+2].[Ni+2].[O-2].[O-2].[O-2].[O-2].[O-2].[O-2].[O-2].[O-2].[O-2].[Tc+7].[Tc+7]. The predicted molar refractivity (Wildman–Crippen MR) is 6.18 cm³/mol. The van der Waals surface area contributed by atoms with Gasteiger partial charge in [-0.05, 0) is 0 Å². The van der Waals surface area contributed by atoms with Crippen LogP contribution in [0, 0.1) is 0 Å². The van der Waals surface area contributed by atoms with Crippen molar-refractivity contribution < 1.29 is 122 Å². The molecular formula is Ni2O9Tc2. The third-order valence-electron chi connectivity index (χ3n) is 0. The molecule has 0 unspecified atom stereocenters. The van der Waals surface area contributed by atoms with Crippen LogP contribution in [0.5, 0.6) is 0 Å². The van der Waals surface area contributed by atoms with Crippen LogP contribution in [0.25, 0.3) is 0 Å². The van der Waals surface area contributed by atoms with Gasteiger partial charge in [-0.2, -0.15) is 0 Å². The second-order valence-corrected chi connectivity index (χ2v) is 0. The molecule has 0 saturated heterocycles. The van der Waals surface area contributed by atoms with Crippen molar-refractivity contribution >= 4 is 0 Å². The quantitative estimate of drug-likeness (QED) is 0.393. The normalized spacial score (nSPS) is 0. The van der Waals surface area contributed by atoms with Gasteiger partial charge in [0.1, 0.15) is 0 Å². The third-order valence-corrected chi connectivity index (χ3v) is 0. The second-order valence-electron chi connectivity index (χ2n) is 0. The number of hydrogen-bond acceptors (Lipinski definition) is 0. The van der Waals surface area contributed by atoms with E-state index in [1.54, 1.807) is 0 Å². The molecule has 0 aliphatic rings. The molecule has 0 heterocycles. The van der Waals surface area contributed by atoms with Crippen molar-refractivity contribution in [3.63, 3.8) is 0 Å². The topological polar surface area (TPSA) is 256 Å². The van der Waals surface area contributed by atoms with E-state index in [4.69, 9.17) is 0 Å². The Labute approximate surface area is 122 Å². The fourth-order valence-corrected chi connectivity index (χ4v) is 0. The average molecular weight is 457 g/mol. The first-order chi connectivity index (χ1) is 0. The molecule has 0 amide bonds. The Hall–Kier alpha value is 1.93. The van der Waals surface area contributed by atoms with E-state index in [-0.39, 0.29) is 122 Å². The Morgan fingerprint density at radius 1 is 0.231 bits per heavy atom. The predicted octanol–water partition coefficient (Wildman–Crippen LogP) is -1.08. The van der Waals surface area contributed by atoms with Gasteiger partial charge in [0.15, 0.2) is 0 Å². The van der Waals surface area contributed by atoms with E-state index < -0.39 is 0 Å². The molecule has 0 saturated carbocycles. The van der Waals surface area contributed by atoms with Crippen molar-refractivity contribution in [2.45, 2.75) is 0 Å². The van der Waals surface area contributed by atoms with Crippen LogP contribution in [-0.4, -0.2) is 0 Å². The Morgan fingerprint density at radius 3 is 0.231 bits per heavy atom. The molecule has 0 rings (SSSR count). The van der Waals surface area contributed by atoms with Gasteiger partial charge in [0, 0.05) is 0 Å². The maximum absolute atomic E-state index is 0. The standard InChI is InChI=1S/2Ni.9O.2Tc/q2*+2;9*-2;2*+7. The molecule has 9 nitrogen and oxygen atoms in total. The molecule has 0 aliphatic heterocycles. The summed E-state index contributed by atoms with van der Waals surface area (Å²) >= 11 is 0. The van der Waals surface area contributed by atoms with E-state index in [1.165, 1.54) is 0 Å². The minimum Gasteiger partial charge on any atom is -2.00 e. The van der Waals surface area contributed by atoms with Crippen LogP contribution in [0.15, 0.2) is 0 Å². The van der Waals surface area contributed by atoms with Crippen molar-refractivity contribution in [1.82, 2.24) is 0 Å². The molecule has 0 aromatic heterocycles. The molecular weight excluding hydrogens is 457 g/mol. The van der Waals surface area contributed by atoms with Gasteiger partial charge in [-0.1, -0.05) is 0 Å². The molecule has 0 aliphatic carbocycles. The van der Waals surface area contributed by atoms with Gasteiger partial charge in [-0.25, -0.2) is 0 Å². The maximum atomic E-state index is 0. The zero-order valence-electron chi connectivity index (χ0n) is 5.06. The van der Waals surface area contributed by atoms with Gasteiger partial charge in [0.25, 0.3) is 0 Å². The smallest absolute Gasteiger partial charge is 2.00 e. The summed E-state index contributed by atoms with van der Waals surface area (Å²) in [6.07, 6.45) is 0. The zero-order valence-corrected chi connectivity index (χ0v) is 10.8. The number of rotatable bonds is 0. The molecule has 88 valence electrons. The molecule has 0 spiro atoms. The van der Waals surface area contributed by atoms with Crippen LogP contribution in [-0.2, 0) is 122 Å². The molecule has 0 radical (unpaired) electrons. The zero-order chi connectivity index (χ0) is 0. The van der Waals surface area contributed by atoms with Gasteiger partial charge >= 0.3 is 73.2 Å². The first-order valence-corrected chi connectivity index (χ1v) is 0. The van der Waals surface area contributed by atoms with Crippen LogP contribution in [0.2, 0.25) is 0 Å². The van der Waals surface area contributed by atoms with Crippen molar-refractivity contribution in [2.75, 3.05) is 0 Å². The van der Waals surface area contributed by atoms with Crippen molar-refractivity contribution in [3.8, 4) is 0 Å². The van der Waals surface area contributed by atoms with E-state index in [2.05, 4.69) is 0 Å². The molecule has 0 atom stereocenters. The first-order valence-electron chi connectivity index (χ1n) is 0. The summed E-state index contributed by atoms with van der Waals surface area (Å²) in [6, 6.07) is 0. The Morgan fingerprint density at radius 2 is 0.231 bits per heavy atom. The molecule has 13 heavy (non-hydrogen) atoms. The van der Waals surface area contributed by atoms with E-state index in [0.717, 1.165) is 0 Å². The van der Waals surface area contributed by atoms with E-state index in [0.29, 0.717) is 0 Å². The molecule has 0 N–H and O–H groups in total. The summed E-state index contributed by atoms with van der Waals surface area (Å²) in [6.45, 7) is 0. The maximum Gasteiger partial charge on any atom is 7.00 e. The van der Waals surface area contributed by atoms with Gasteiger partial charge in [-0.15, -0.1) is 0 Å². The summed E-state index contributed by atoms with van der Waals surface area (Å²) in [5.74, 6) is 0. The summed E-state index contributed by atoms with van der Waals surface area (Å²) in [5, 5.41) is 0. The molecule has 0 aromatic rings. The molecule has 0 aromatic carbocycles. The van der Waals surface area contributed by atoms with Crippen LogP contribution in [0.4, 0.5) is 0 Å². The van der Waals surface area contributed by atoms with Gasteiger partial charge in [0.05, 0.1) is 0 Å². The van der Waals surface area contributed by atoms with E-state index >= 15 is 0 Å². The Kier molecular flexibility index (Phi) is 37700. The summed E-state index contributed by atoms with van der Waals surface area (Å²) < 4.78 is 0. The Bertz CT molecular complexity index is 15.6. The molecule has 0 fully saturated rings. The van der Waals surface area contributed by atoms with Gasteiger partial charge < -0.3 is 49.3 Å². The molecule has 0 bridgehead atoms. The van der Waals surface area contributed by atoms with Crippen LogP contribution >= 0.6 is 0 Å². The second kappa shape index (κ2) is 627. The largest absolute Gasteiger partial charge is 7.00 e. The van der Waals surface area contributed by atoms with Crippen molar-refractivity contribution in [2.24, 2.45) is 0 Å². The van der Waals surface area contributed by atoms with Gasteiger partial charge in [0.2, 0.25) is 0 Å². The van der Waals surface area contributed by atoms with E-state index in [9.17, 15) is 0 Å². The summed E-state index contributed by atoms with van der Waals surface area (Å²) in [7, 11) is 0. The third kappa shape index (κ3) is 534. The molecule has 13 heteroatoms. The Balaban J connectivity index is 0. The number of hydrogen-bond donors (Lipinski definition) is 0. The monoisotopic (exact) mass is 454 g/mol. The van der Waals surface area contributed by atoms with Crippen LogP contribution < -0.4 is 0 Å². The van der Waals surface area contributed by atoms with Gasteiger partial charge in [-0.3, -0.25) is 0 Å². The van der Waals surface area contributed by atoms with Crippen molar-refractivity contribution in [3.05, 3.63) is 0 Å². The van der Waals surface area contributed by atoms with Crippen LogP contribution in [0.1, 0.15) is 0 Å². The fourth-order valence-electron chi connectivity index (χ4n) is 0. The summed E-state index contributed by atoms with van der Waals surface area (Å²) in [5.41, 5.74) is 0. The fraction of sp³-hybridized carbons (Fsp3) is 0. The average Bonchev–Trinajstić information content (AvgIpc) is 0. The summed E-state index contributed by atoms with van der Waals surface area (Å²) in [4.78, 5) is 0. The van der Waals surface area contributed by atoms with E-state index in [1.807, 2.05) is 0 Å².